The highest BCUT2D eigenvalue weighted by Crippen LogP contribution is 2.31. The molecule has 3 aromatic rings. The molecular weight excluding hydrogens is 430 g/mol. The Kier molecular flexibility index (Phi) is 6.59. The van der Waals surface area contributed by atoms with Gasteiger partial charge in [0.05, 0.1) is 4.90 Å². The Bertz CT molecular complexity index is 1190. The zero-order valence-corrected chi connectivity index (χ0v) is 19.5. The van der Waals surface area contributed by atoms with Gasteiger partial charge in [-0.1, -0.05) is 44.1 Å². The zero-order chi connectivity index (χ0) is 23.5. The van der Waals surface area contributed by atoms with Crippen molar-refractivity contribution in [3.8, 4) is 5.75 Å². The summed E-state index contributed by atoms with van der Waals surface area (Å²) in [6.07, 6.45) is -0.751. The molecule has 1 amide bonds. The van der Waals surface area contributed by atoms with Crippen molar-refractivity contribution in [1.29, 1.82) is 0 Å². The van der Waals surface area contributed by atoms with Gasteiger partial charge in [0.15, 0.2) is 11.9 Å². The Labute approximate surface area is 188 Å². The fraction of sp³-hybridized carbons (Fsp3) is 0.304. The number of aromatic nitrogens is 1. The SMILES string of the molecule is Cc1cc(NS(=O)(=O)c2ccc(NC(=O)C(C)Oc3ccccc3C(C)(C)C)cc2)no1. The molecule has 0 aliphatic rings. The number of anilines is 2. The summed E-state index contributed by atoms with van der Waals surface area (Å²) in [7, 11) is -3.83. The second-order valence-corrected chi connectivity index (χ2v) is 10.1. The summed E-state index contributed by atoms with van der Waals surface area (Å²) >= 11 is 0. The molecule has 0 fully saturated rings. The van der Waals surface area contributed by atoms with Crippen LogP contribution in [0.25, 0.3) is 0 Å². The number of ether oxygens (including phenoxy) is 1. The van der Waals surface area contributed by atoms with Gasteiger partial charge in [-0.3, -0.25) is 9.52 Å². The van der Waals surface area contributed by atoms with Crippen molar-refractivity contribution in [1.82, 2.24) is 5.16 Å². The van der Waals surface area contributed by atoms with Gasteiger partial charge in [0.2, 0.25) is 0 Å². The van der Waals surface area contributed by atoms with Crippen LogP contribution in [0.15, 0.2) is 64.0 Å². The van der Waals surface area contributed by atoms with E-state index in [1.807, 2.05) is 24.3 Å². The third-order valence-electron chi connectivity index (χ3n) is 4.67. The number of para-hydroxylation sites is 1. The van der Waals surface area contributed by atoms with E-state index >= 15 is 0 Å². The molecule has 0 spiro atoms. The minimum atomic E-state index is -3.83. The summed E-state index contributed by atoms with van der Waals surface area (Å²) in [6.45, 7) is 9.56. The Morgan fingerprint density at radius 1 is 1.09 bits per heavy atom. The minimum Gasteiger partial charge on any atom is -0.481 e. The van der Waals surface area contributed by atoms with Crippen LogP contribution in [0.2, 0.25) is 0 Å². The van der Waals surface area contributed by atoms with E-state index in [0.717, 1.165) is 5.56 Å². The Morgan fingerprint density at radius 2 is 1.75 bits per heavy atom. The molecule has 2 aromatic carbocycles. The molecule has 1 heterocycles. The van der Waals surface area contributed by atoms with Crippen LogP contribution in [0.3, 0.4) is 0 Å². The number of aryl methyl sites for hydroxylation is 1. The van der Waals surface area contributed by atoms with Gasteiger partial charge in [-0.25, -0.2) is 8.42 Å². The van der Waals surface area contributed by atoms with E-state index in [9.17, 15) is 13.2 Å². The second-order valence-electron chi connectivity index (χ2n) is 8.45. The van der Waals surface area contributed by atoms with Gasteiger partial charge >= 0.3 is 0 Å². The van der Waals surface area contributed by atoms with Crippen molar-refractivity contribution in [2.24, 2.45) is 0 Å². The standard InChI is InChI=1S/C23H27N3O5S/c1-15-14-21(25-31-15)26-32(28,29)18-12-10-17(11-13-18)24-22(27)16(2)30-20-9-7-6-8-19(20)23(3,4)5/h6-14,16H,1-5H3,(H,24,27)(H,25,26). The number of rotatable bonds is 7. The molecule has 0 aliphatic heterocycles. The largest absolute Gasteiger partial charge is 0.481 e. The van der Waals surface area contributed by atoms with Crippen molar-refractivity contribution in [2.45, 2.75) is 51.0 Å². The topological polar surface area (TPSA) is 111 Å². The molecule has 32 heavy (non-hydrogen) atoms. The number of amides is 1. The summed E-state index contributed by atoms with van der Waals surface area (Å²) < 4.78 is 38.1. The molecule has 1 atom stereocenters. The number of nitrogens with one attached hydrogen (secondary N) is 2. The molecule has 1 aromatic heterocycles. The monoisotopic (exact) mass is 457 g/mol. The third-order valence-corrected chi connectivity index (χ3v) is 6.04. The summed E-state index contributed by atoms with van der Waals surface area (Å²) in [6, 6.07) is 14.9. The van der Waals surface area contributed by atoms with Crippen LogP contribution in [0.4, 0.5) is 11.5 Å². The van der Waals surface area contributed by atoms with E-state index in [1.165, 1.54) is 30.3 Å². The molecule has 8 nitrogen and oxygen atoms in total. The number of benzene rings is 2. The molecule has 9 heteroatoms. The third kappa shape index (κ3) is 5.67. The number of carbonyl (C=O) groups excluding carboxylic acids is 1. The van der Waals surface area contributed by atoms with Crippen molar-refractivity contribution in [3.05, 3.63) is 65.9 Å². The molecule has 170 valence electrons. The number of nitrogens with zero attached hydrogens (tertiary/aromatic N) is 1. The number of hydrogen-bond donors (Lipinski definition) is 2. The predicted octanol–water partition coefficient (Wildman–Crippen LogP) is 4.49. The molecule has 0 bridgehead atoms. The van der Waals surface area contributed by atoms with Crippen LogP contribution < -0.4 is 14.8 Å². The van der Waals surface area contributed by atoms with Crippen molar-refractivity contribution < 1.29 is 22.5 Å². The number of carbonyl (C=O) groups is 1. The van der Waals surface area contributed by atoms with Gasteiger partial charge in [0.25, 0.3) is 15.9 Å². The first-order valence-corrected chi connectivity index (χ1v) is 11.6. The maximum atomic E-state index is 12.6. The number of hydrogen-bond acceptors (Lipinski definition) is 6. The quantitative estimate of drug-likeness (QED) is 0.541. The molecule has 0 saturated heterocycles. The lowest BCUT2D eigenvalue weighted by molar-refractivity contribution is -0.122. The maximum absolute atomic E-state index is 12.6. The van der Waals surface area contributed by atoms with E-state index in [-0.39, 0.29) is 22.0 Å². The molecule has 1 unspecified atom stereocenters. The van der Waals surface area contributed by atoms with E-state index < -0.39 is 16.1 Å². The van der Waals surface area contributed by atoms with E-state index in [4.69, 9.17) is 9.26 Å². The summed E-state index contributed by atoms with van der Waals surface area (Å²) in [4.78, 5) is 12.6. The highest BCUT2D eigenvalue weighted by Gasteiger charge is 2.22. The second kappa shape index (κ2) is 9.04. The van der Waals surface area contributed by atoms with Crippen molar-refractivity contribution in [3.63, 3.8) is 0 Å². The first-order valence-electron chi connectivity index (χ1n) is 10.1. The predicted molar refractivity (Wildman–Crippen MR) is 122 cm³/mol. The van der Waals surface area contributed by atoms with Gasteiger partial charge in [-0.2, -0.15) is 0 Å². The number of sulfonamides is 1. The average molecular weight is 458 g/mol. The molecule has 0 saturated carbocycles. The van der Waals surface area contributed by atoms with Gasteiger partial charge in [-0.15, -0.1) is 0 Å². The lowest BCUT2D eigenvalue weighted by atomic mass is 9.86. The molecule has 2 N–H and O–H groups in total. The Hall–Kier alpha value is -3.33. The zero-order valence-electron chi connectivity index (χ0n) is 18.7. The highest BCUT2D eigenvalue weighted by atomic mass is 32.2. The Morgan fingerprint density at radius 3 is 2.34 bits per heavy atom. The lowest BCUT2D eigenvalue weighted by Gasteiger charge is -2.24. The summed E-state index contributed by atoms with van der Waals surface area (Å²) in [5.74, 6) is 0.891. The first-order chi connectivity index (χ1) is 15.0. The fourth-order valence-electron chi connectivity index (χ4n) is 3.01. The van der Waals surface area contributed by atoms with Crippen LogP contribution in [0.5, 0.6) is 5.75 Å². The van der Waals surface area contributed by atoms with Crippen LogP contribution in [-0.4, -0.2) is 25.6 Å². The van der Waals surface area contributed by atoms with Crippen LogP contribution in [-0.2, 0) is 20.2 Å². The molecule has 0 aliphatic carbocycles. The normalized spacial score (nSPS) is 12.8. The molecule has 0 radical (unpaired) electrons. The average Bonchev–Trinajstić information content (AvgIpc) is 3.11. The smallest absolute Gasteiger partial charge is 0.265 e. The van der Waals surface area contributed by atoms with E-state index in [0.29, 0.717) is 17.2 Å². The minimum absolute atomic E-state index is 0.0274. The van der Waals surface area contributed by atoms with Gasteiger partial charge in [0, 0.05) is 11.8 Å². The van der Waals surface area contributed by atoms with E-state index in [1.54, 1.807) is 13.8 Å². The van der Waals surface area contributed by atoms with Crippen molar-refractivity contribution >= 4 is 27.4 Å². The Balaban J connectivity index is 1.66. The van der Waals surface area contributed by atoms with E-state index in [2.05, 4.69) is 36.0 Å². The van der Waals surface area contributed by atoms with Gasteiger partial charge in [-0.05, 0) is 55.2 Å². The summed E-state index contributed by atoms with van der Waals surface area (Å²) in [5.41, 5.74) is 1.32. The highest BCUT2D eigenvalue weighted by molar-refractivity contribution is 7.92. The lowest BCUT2D eigenvalue weighted by Crippen LogP contribution is -2.31. The van der Waals surface area contributed by atoms with Crippen LogP contribution in [0.1, 0.15) is 39.0 Å². The molecular formula is C23H27N3O5S. The molecule has 3 rings (SSSR count). The van der Waals surface area contributed by atoms with Gasteiger partial charge < -0.3 is 14.6 Å². The van der Waals surface area contributed by atoms with Crippen LogP contribution >= 0.6 is 0 Å². The van der Waals surface area contributed by atoms with Gasteiger partial charge in [0.1, 0.15) is 11.5 Å². The van der Waals surface area contributed by atoms with Crippen LogP contribution in [0, 0.1) is 6.92 Å². The fourth-order valence-corrected chi connectivity index (χ4v) is 3.99. The first kappa shape index (κ1) is 23.3. The maximum Gasteiger partial charge on any atom is 0.265 e. The van der Waals surface area contributed by atoms with Crippen molar-refractivity contribution in [2.75, 3.05) is 10.0 Å². The summed E-state index contributed by atoms with van der Waals surface area (Å²) in [5, 5.41) is 6.37.